The van der Waals surface area contributed by atoms with Gasteiger partial charge in [-0.3, -0.25) is 28.4 Å². The van der Waals surface area contributed by atoms with E-state index in [-0.39, 0.29) is 42.4 Å². The fourth-order valence-corrected chi connectivity index (χ4v) is 12.2. The third kappa shape index (κ3) is 19.8. The number of carbonyl (C=O) groups is 2. The number of aromatic nitrogens is 4. The highest BCUT2D eigenvalue weighted by atomic mass is 32.2. The number of hydrogen-bond donors (Lipinski definition) is 7. The van der Waals surface area contributed by atoms with Gasteiger partial charge in [-0.15, -0.1) is 0 Å². The Hall–Kier alpha value is -3.35. The van der Waals surface area contributed by atoms with Crippen LogP contribution in [-0.2, 0) is 55.1 Å². The van der Waals surface area contributed by atoms with Crippen molar-refractivity contribution in [2.45, 2.75) is 86.6 Å². The number of aliphatic hydroxyl groups excluding tert-OH is 1. The minimum Gasteiger partial charge on any atom is -0.367 e. The summed E-state index contributed by atoms with van der Waals surface area (Å²) in [6, 6.07) is 16.4. The summed E-state index contributed by atoms with van der Waals surface area (Å²) >= 11 is 2.39. The lowest BCUT2D eigenvalue weighted by Gasteiger charge is -2.30. The van der Waals surface area contributed by atoms with E-state index in [9.17, 15) is 51.1 Å². The molecule has 35 heteroatoms. The Labute approximate surface area is 442 Å². The number of ether oxygens (including phenoxy) is 3. The van der Waals surface area contributed by atoms with Crippen molar-refractivity contribution in [2.75, 3.05) is 49.4 Å². The number of anilines is 1. The highest BCUT2D eigenvalue weighted by Gasteiger charge is 2.44. The maximum Gasteiger partial charge on any atom is 0.487 e. The third-order valence-corrected chi connectivity index (χ3v) is 16.7. The number of fused-ring (bicyclic) bond motifs is 1. The highest BCUT2D eigenvalue weighted by molar-refractivity contribution is 7.99. The molecule has 0 spiro atoms. The third-order valence-electron chi connectivity index (χ3n) is 10.6. The SMILES string of the molecule is CSCCNc1nc(SCCC(F)(F)F)nc2c1ncn2C1CCC(COP(=O)(O)OP(=O)(O)OP(O)OPOCC2CC(OC(COF)c3ccccc3)[C@H](N3C=CCC(=O)NC3=O)O2)O1.OC(O)c1ccccc1. The second kappa shape index (κ2) is 29.7. The molecule has 25 nitrogen and oxygen atoms in total. The minimum absolute atomic E-state index is 0.0579. The minimum atomic E-state index is -5.53. The van der Waals surface area contributed by atoms with Crippen LogP contribution in [0, 0.1) is 0 Å². The smallest absolute Gasteiger partial charge is 0.367 e. The van der Waals surface area contributed by atoms with Crippen LogP contribution in [0.4, 0.5) is 28.3 Å². The molecule has 2 aromatic carbocycles. The molecule has 3 amide bonds. The first-order valence-electron chi connectivity index (χ1n) is 22.6. The number of aliphatic hydroxyl groups is 2. The van der Waals surface area contributed by atoms with Crippen molar-refractivity contribution in [1.29, 1.82) is 0 Å². The predicted octanol–water partition coefficient (Wildman–Crippen LogP) is 7.60. The van der Waals surface area contributed by atoms with Crippen LogP contribution < -0.4 is 10.6 Å². The molecule has 2 fully saturated rings. The Kier molecular flexibility index (Phi) is 24.2. The number of urea groups is 1. The van der Waals surface area contributed by atoms with E-state index in [2.05, 4.69) is 39.1 Å². The Morgan fingerprint density at radius 1 is 0.987 bits per heavy atom. The van der Waals surface area contributed by atoms with Gasteiger partial charge in [0.05, 0.1) is 38.2 Å². The number of rotatable bonds is 27. The van der Waals surface area contributed by atoms with Crippen molar-refractivity contribution in [3.8, 4) is 0 Å². The molecule has 7 N–H and O–H groups in total. The quantitative estimate of drug-likeness (QED) is 0.00754. The molecular formula is C41H53F4N7O18P4S2. The molecule has 7 rings (SSSR count). The van der Waals surface area contributed by atoms with Crippen LogP contribution in [0.15, 0.2) is 84.4 Å². The zero-order valence-corrected chi connectivity index (χ0v) is 45.1. The van der Waals surface area contributed by atoms with Gasteiger partial charge in [0.2, 0.25) is 5.91 Å². The number of carbonyl (C=O) groups excluding carboxylic acids is 2. The average molecular weight is 1200 g/mol. The van der Waals surface area contributed by atoms with E-state index in [4.69, 9.17) is 37.8 Å². The van der Waals surface area contributed by atoms with Gasteiger partial charge in [-0.2, -0.15) is 34.2 Å². The standard InChI is InChI=1S/C34H45F4N7O16P4S2.C7H8O2/c1-66-15-12-39-29-28-30(43-32(42-29)67-14-11-34(35,36)37)45(20-40-28)27-10-9-22(56-27)18-55-64(49,50)61-65(51,52)60-63(48)59-62-54-17-23-16-24(58-25(19-53-38)21-6-3-2-4-7-21)31(57-23)44-13-5-8-26(46)41-33(44)47;8-7(9)6-4-2-1-3-5-6/h2-7,13,20,22-25,27,31,48,62H,8-12,14-19H2,1H3,(H,49,50)(H,51,52)(H,39,42,43)(H,41,46,47);1-5,7-9H/t22?,23?,24?,25?,27?,31-,63?;/m1./s1. The molecule has 0 saturated carbocycles. The topological polar surface area (TPSA) is 323 Å². The van der Waals surface area contributed by atoms with Gasteiger partial charge in [0.25, 0.3) is 0 Å². The van der Waals surface area contributed by atoms with E-state index in [1.165, 1.54) is 18.6 Å². The number of imide groups is 1. The molecule has 4 aromatic rings. The van der Waals surface area contributed by atoms with Gasteiger partial charge in [0.15, 0.2) is 43.7 Å². The molecule has 5 heterocycles. The highest BCUT2D eigenvalue weighted by Crippen LogP contribution is 2.66. The summed E-state index contributed by atoms with van der Waals surface area (Å²) in [5.41, 5.74) is 1.69. The molecular weight excluding hydrogens is 1140 g/mol. The van der Waals surface area contributed by atoms with E-state index < -0.39 is 114 Å². The number of phosphoric ester groups is 1. The molecule has 420 valence electrons. The number of hydrogen-bond acceptors (Lipinski definition) is 22. The van der Waals surface area contributed by atoms with Crippen molar-refractivity contribution in [1.82, 2.24) is 29.7 Å². The maximum absolute atomic E-state index is 13.1. The van der Waals surface area contributed by atoms with Crippen molar-refractivity contribution in [3.63, 3.8) is 0 Å². The number of halogens is 4. The molecule has 2 aromatic heterocycles. The first-order chi connectivity index (χ1) is 36.2. The number of alkyl halides is 3. The number of benzene rings is 2. The fourth-order valence-electron chi connectivity index (χ4n) is 7.22. The molecule has 3 aliphatic rings. The summed E-state index contributed by atoms with van der Waals surface area (Å²) in [5, 5.41) is 22.6. The van der Waals surface area contributed by atoms with Crippen LogP contribution in [0.5, 0.6) is 0 Å². The van der Waals surface area contributed by atoms with Crippen LogP contribution >= 0.6 is 56.8 Å². The van der Waals surface area contributed by atoms with Gasteiger partial charge >= 0.3 is 36.5 Å². The number of thioether (sulfide) groups is 2. The van der Waals surface area contributed by atoms with Crippen molar-refractivity contribution in [2.24, 2.45) is 0 Å². The number of nitrogens with zero attached hydrogens (tertiary/aromatic N) is 5. The first kappa shape index (κ1) is 61.9. The molecule has 3 aliphatic heterocycles. The molecule has 0 aliphatic carbocycles. The summed E-state index contributed by atoms with van der Waals surface area (Å²) in [6.45, 7) is -0.894. The van der Waals surface area contributed by atoms with Gasteiger partial charge < -0.3 is 48.9 Å². The molecule has 2 saturated heterocycles. The number of nitrogens with one attached hydrogen (secondary N) is 2. The van der Waals surface area contributed by atoms with Crippen LogP contribution in [0.3, 0.4) is 0 Å². The van der Waals surface area contributed by atoms with E-state index in [0.717, 1.165) is 16.7 Å². The van der Waals surface area contributed by atoms with Gasteiger partial charge in [0, 0.05) is 42.7 Å². The summed E-state index contributed by atoms with van der Waals surface area (Å²) in [4.78, 5) is 73.5. The summed E-state index contributed by atoms with van der Waals surface area (Å²) in [7, 11) is -15.2. The summed E-state index contributed by atoms with van der Waals surface area (Å²) in [5.74, 6) is 0.154. The Balaban J connectivity index is 0.000000941. The first-order valence-corrected chi connectivity index (χ1v) is 29.9. The van der Waals surface area contributed by atoms with Crippen LogP contribution in [0.2, 0.25) is 0 Å². The summed E-state index contributed by atoms with van der Waals surface area (Å²) in [6.07, 6.45) is -5.56. The van der Waals surface area contributed by atoms with Crippen LogP contribution in [0.25, 0.3) is 11.2 Å². The molecule has 76 heavy (non-hydrogen) atoms. The van der Waals surface area contributed by atoms with Gasteiger partial charge in [0.1, 0.15) is 25.0 Å². The van der Waals surface area contributed by atoms with Crippen LogP contribution in [0.1, 0.15) is 61.9 Å². The lowest BCUT2D eigenvalue weighted by Crippen LogP contribution is -2.48. The Morgan fingerprint density at radius 3 is 2.38 bits per heavy atom. The van der Waals surface area contributed by atoms with Crippen molar-refractivity contribution < 1.29 is 102 Å². The number of amides is 3. The number of phosphoric acid groups is 2. The number of imidazole rings is 1. The van der Waals surface area contributed by atoms with Gasteiger partial charge in [-0.05, 0) is 29.2 Å². The maximum atomic E-state index is 13.1. The second-order valence-electron chi connectivity index (χ2n) is 16.1. The van der Waals surface area contributed by atoms with E-state index in [0.29, 0.717) is 41.2 Å². The molecule has 0 radical (unpaired) electrons. The monoisotopic (exact) mass is 1200 g/mol. The largest absolute Gasteiger partial charge is 0.487 e. The molecule has 9 unspecified atom stereocenters. The lowest BCUT2D eigenvalue weighted by atomic mass is 10.1. The summed E-state index contributed by atoms with van der Waals surface area (Å²) < 4.78 is 121. The average Bonchev–Trinajstić information content (AvgIpc) is 4.10. The zero-order chi connectivity index (χ0) is 54.9. The zero-order valence-electron chi connectivity index (χ0n) is 39.8. The van der Waals surface area contributed by atoms with Crippen molar-refractivity contribution >= 4 is 85.7 Å². The lowest BCUT2D eigenvalue weighted by molar-refractivity contribution is -0.185. The van der Waals surface area contributed by atoms with E-state index in [1.807, 2.05) is 12.3 Å². The van der Waals surface area contributed by atoms with Gasteiger partial charge in [-0.1, -0.05) is 78.5 Å². The van der Waals surface area contributed by atoms with Crippen LogP contribution in [-0.4, -0.2) is 136 Å². The predicted molar refractivity (Wildman–Crippen MR) is 266 cm³/mol. The van der Waals surface area contributed by atoms with Crippen molar-refractivity contribution in [3.05, 3.63) is 90.4 Å². The van der Waals surface area contributed by atoms with E-state index >= 15 is 0 Å². The van der Waals surface area contributed by atoms with Gasteiger partial charge in [-0.25, -0.2) is 33.2 Å². The Bertz CT molecular complexity index is 2610. The van der Waals surface area contributed by atoms with E-state index in [1.54, 1.807) is 70.9 Å². The molecule has 10 atom stereocenters. The molecule has 0 bridgehead atoms. The fraction of sp³-hybridized carbons (Fsp3) is 0.488. The second-order valence-corrected chi connectivity index (χ2v) is 23.2. The normalized spacial score (nSPS) is 22.6. The Morgan fingerprint density at radius 2 is 1.71 bits per heavy atom.